The summed E-state index contributed by atoms with van der Waals surface area (Å²) in [4.78, 5) is 14.2. The number of hydrogen-bond acceptors (Lipinski definition) is 5. The van der Waals surface area contributed by atoms with Gasteiger partial charge < -0.3 is 10.2 Å². The highest BCUT2D eigenvalue weighted by atomic mass is 35.5. The number of nitrogens with one attached hydrogen (secondary N) is 1. The fourth-order valence-corrected chi connectivity index (χ4v) is 5.58. The van der Waals surface area contributed by atoms with Crippen LogP contribution in [0.2, 0.25) is 5.02 Å². The molecular formula is C21H23ClN4O3S2. The lowest BCUT2D eigenvalue weighted by molar-refractivity contribution is 0.173. The summed E-state index contributed by atoms with van der Waals surface area (Å²) in [5.74, 6) is 1.43. The van der Waals surface area contributed by atoms with E-state index >= 15 is 0 Å². The second-order valence-corrected chi connectivity index (χ2v) is 10.4. The molecule has 0 aromatic heterocycles. The third-order valence-corrected chi connectivity index (χ3v) is 8.07. The van der Waals surface area contributed by atoms with Crippen molar-refractivity contribution in [2.24, 2.45) is 0 Å². The van der Waals surface area contributed by atoms with Crippen molar-refractivity contribution in [2.45, 2.75) is 10.6 Å². The number of carbonyl (C=O) groups is 1. The van der Waals surface area contributed by atoms with Crippen molar-refractivity contribution in [3.8, 4) is 6.07 Å². The zero-order valence-corrected chi connectivity index (χ0v) is 19.2. The average molecular weight is 479 g/mol. The summed E-state index contributed by atoms with van der Waals surface area (Å²) in [6.45, 7) is 1.67. The van der Waals surface area contributed by atoms with Crippen LogP contribution in [0.25, 0.3) is 0 Å². The number of nitrogens with zero attached hydrogens (tertiary/aromatic N) is 3. The molecule has 0 bridgehead atoms. The highest BCUT2D eigenvalue weighted by Crippen LogP contribution is 2.20. The SMILES string of the molecule is N#Cc1ccccc1CSCCNC(=O)N1CCN(S(=O)(=O)c2ccc(Cl)cc2)CC1. The Morgan fingerprint density at radius 1 is 1.10 bits per heavy atom. The molecule has 2 aromatic rings. The molecule has 1 fully saturated rings. The summed E-state index contributed by atoms with van der Waals surface area (Å²) in [6, 6.07) is 15.5. The summed E-state index contributed by atoms with van der Waals surface area (Å²) in [5, 5.41) is 12.5. The van der Waals surface area contributed by atoms with E-state index in [2.05, 4.69) is 11.4 Å². The van der Waals surface area contributed by atoms with Gasteiger partial charge in [0, 0.05) is 49.3 Å². The zero-order chi connectivity index (χ0) is 22.3. The highest BCUT2D eigenvalue weighted by Gasteiger charge is 2.29. The monoisotopic (exact) mass is 478 g/mol. The minimum Gasteiger partial charge on any atom is -0.337 e. The van der Waals surface area contributed by atoms with Gasteiger partial charge in [0.1, 0.15) is 0 Å². The second kappa shape index (κ2) is 10.9. The van der Waals surface area contributed by atoms with E-state index in [0.29, 0.717) is 36.0 Å². The van der Waals surface area contributed by atoms with Gasteiger partial charge in [-0.3, -0.25) is 0 Å². The molecule has 7 nitrogen and oxygen atoms in total. The van der Waals surface area contributed by atoms with Gasteiger partial charge in [-0.1, -0.05) is 29.8 Å². The number of hydrogen-bond donors (Lipinski definition) is 1. The van der Waals surface area contributed by atoms with E-state index in [4.69, 9.17) is 16.9 Å². The number of nitriles is 1. The standard InChI is InChI=1S/C21H23ClN4O3S2/c22-19-5-7-20(8-6-19)31(28,29)26-12-10-25(11-13-26)21(27)24-9-14-30-16-18-4-2-1-3-17(18)15-23/h1-8H,9-14,16H2,(H,24,27). The summed E-state index contributed by atoms with van der Waals surface area (Å²) in [6.07, 6.45) is 0. The van der Waals surface area contributed by atoms with Gasteiger partial charge in [-0.2, -0.15) is 21.3 Å². The second-order valence-electron chi connectivity index (χ2n) is 6.90. The van der Waals surface area contributed by atoms with E-state index in [0.717, 1.165) is 11.3 Å². The van der Waals surface area contributed by atoms with Crippen molar-refractivity contribution >= 4 is 39.4 Å². The van der Waals surface area contributed by atoms with E-state index < -0.39 is 10.0 Å². The van der Waals surface area contributed by atoms with E-state index in [1.807, 2.05) is 18.2 Å². The maximum atomic E-state index is 12.7. The van der Waals surface area contributed by atoms with Crippen LogP contribution in [0.3, 0.4) is 0 Å². The van der Waals surface area contributed by atoms with Gasteiger partial charge in [-0.15, -0.1) is 0 Å². The van der Waals surface area contributed by atoms with Gasteiger partial charge >= 0.3 is 6.03 Å². The number of carbonyl (C=O) groups excluding carboxylic acids is 1. The van der Waals surface area contributed by atoms with Crippen molar-refractivity contribution in [2.75, 3.05) is 38.5 Å². The van der Waals surface area contributed by atoms with Gasteiger partial charge in [0.15, 0.2) is 0 Å². The smallest absolute Gasteiger partial charge is 0.317 e. The molecule has 1 heterocycles. The molecule has 164 valence electrons. The molecule has 1 saturated heterocycles. The first-order valence-electron chi connectivity index (χ1n) is 9.76. The van der Waals surface area contributed by atoms with E-state index in [-0.39, 0.29) is 24.0 Å². The fourth-order valence-electron chi connectivity index (χ4n) is 3.17. The number of halogens is 1. The van der Waals surface area contributed by atoms with Gasteiger partial charge in [0.2, 0.25) is 10.0 Å². The molecule has 0 atom stereocenters. The van der Waals surface area contributed by atoms with Crippen LogP contribution < -0.4 is 5.32 Å². The van der Waals surface area contributed by atoms with Crippen molar-refractivity contribution in [3.05, 3.63) is 64.7 Å². The first-order chi connectivity index (χ1) is 14.9. The lowest BCUT2D eigenvalue weighted by Crippen LogP contribution is -2.53. The van der Waals surface area contributed by atoms with Crippen LogP contribution in [-0.4, -0.2) is 62.1 Å². The molecule has 2 aromatic carbocycles. The number of benzene rings is 2. The number of rotatable bonds is 7. The molecule has 1 aliphatic heterocycles. The lowest BCUT2D eigenvalue weighted by Gasteiger charge is -2.34. The summed E-state index contributed by atoms with van der Waals surface area (Å²) in [5.41, 5.74) is 1.66. The first-order valence-corrected chi connectivity index (χ1v) is 12.7. The predicted molar refractivity (Wildman–Crippen MR) is 123 cm³/mol. The number of urea groups is 1. The largest absolute Gasteiger partial charge is 0.337 e. The topological polar surface area (TPSA) is 93.5 Å². The quantitative estimate of drug-likeness (QED) is 0.617. The Balaban J connectivity index is 1.40. The number of thioether (sulfide) groups is 1. The molecule has 3 rings (SSSR count). The zero-order valence-electron chi connectivity index (χ0n) is 16.8. The Kier molecular flexibility index (Phi) is 8.21. The number of piperazine rings is 1. The van der Waals surface area contributed by atoms with Gasteiger partial charge in [-0.25, -0.2) is 13.2 Å². The molecule has 0 radical (unpaired) electrons. The van der Waals surface area contributed by atoms with Gasteiger partial charge in [0.05, 0.1) is 16.5 Å². The molecule has 1 N–H and O–H groups in total. The van der Waals surface area contributed by atoms with Crippen LogP contribution in [0.1, 0.15) is 11.1 Å². The summed E-state index contributed by atoms with van der Waals surface area (Å²) >= 11 is 7.48. The van der Waals surface area contributed by atoms with Crippen LogP contribution in [-0.2, 0) is 15.8 Å². The molecule has 31 heavy (non-hydrogen) atoms. The molecular weight excluding hydrogens is 456 g/mol. The van der Waals surface area contributed by atoms with E-state index in [1.165, 1.54) is 16.4 Å². The molecule has 1 aliphatic rings. The maximum Gasteiger partial charge on any atom is 0.317 e. The third kappa shape index (κ3) is 6.14. The van der Waals surface area contributed by atoms with Crippen LogP contribution >= 0.6 is 23.4 Å². The van der Waals surface area contributed by atoms with Crippen LogP contribution in [0.4, 0.5) is 4.79 Å². The van der Waals surface area contributed by atoms with Crippen LogP contribution in [0.15, 0.2) is 53.4 Å². The Morgan fingerprint density at radius 2 is 1.77 bits per heavy atom. The van der Waals surface area contributed by atoms with Crippen molar-refractivity contribution in [3.63, 3.8) is 0 Å². The lowest BCUT2D eigenvalue weighted by atomic mass is 10.1. The Labute approximate surface area is 192 Å². The van der Waals surface area contributed by atoms with Crippen molar-refractivity contribution in [1.29, 1.82) is 5.26 Å². The Morgan fingerprint density at radius 3 is 2.45 bits per heavy atom. The third-order valence-electron chi connectivity index (χ3n) is 4.90. The van der Waals surface area contributed by atoms with Crippen LogP contribution in [0, 0.1) is 11.3 Å². The molecule has 0 unspecified atom stereocenters. The minimum atomic E-state index is -3.59. The average Bonchev–Trinajstić information content (AvgIpc) is 2.79. The molecule has 2 amide bonds. The molecule has 10 heteroatoms. The minimum absolute atomic E-state index is 0.193. The molecule has 0 aliphatic carbocycles. The van der Waals surface area contributed by atoms with Gasteiger partial charge in [-0.05, 0) is 35.9 Å². The summed E-state index contributed by atoms with van der Waals surface area (Å²) in [7, 11) is -3.59. The van der Waals surface area contributed by atoms with E-state index in [9.17, 15) is 13.2 Å². The summed E-state index contributed by atoms with van der Waals surface area (Å²) < 4.78 is 26.8. The Bertz CT molecular complexity index is 1050. The maximum absolute atomic E-state index is 12.7. The fraction of sp³-hybridized carbons (Fsp3) is 0.333. The van der Waals surface area contributed by atoms with Crippen molar-refractivity contribution in [1.82, 2.24) is 14.5 Å². The highest BCUT2D eigenvalue weighted by molar-refractivity contribution is 7.98. The first kappa shape index (κ1) is 23.4. The van der Waals surface area contributed by atoms with Crippen molar-refractivity contribution < 1.29 is 13.2 Å². The predicted octanol–water partition coefficient (Wildman–Crippen LogP) is 3.16. The number of sulfonamides is 1. The Hall–Kier alpha value is -2.25. The molecule has 0 spiro atoms. The van der Waals surface area contributed by atoms with Gasteiger partial charge in [0.25, 0.3) is 0 Å². The molecule has 0 saturated carbocycles. The van der Waals surface area contributed by atoms with E-state index in [1.54, 1.807) is 34.9 Å². The van der Waals surface area contributed by atoms with Crippen LogP contribution in [0.5, 0.6) is 0 Å². The number of amides is 2. The normalized spacial score (nSPS) is 14.8.